The molecule has 4 aliphatic rings. The van der Waals surface area contributed by atoms with Crippen LogP contribution in [0.25, 0.3) is 0 Å². The van der Waals surface area contributed by atoms with E-state index in [0.29, 0.717) is 0 Å². The van der Waals surface area contributed by atoms with Gasteiger partial charge in [-0.3, -0.25) is 9.80 Å². The lowest BCUT2D eigenvalue weighted by Crippen LogP contribution is -2.53. The van der Waals surface area contributed by atoms with E-state index in [-0.39, 0.29) is 0 Å². The van der Waals surface area contributed by atoms with Crippen LogP contribution in [0.1, 0.15) is 51.4 Å². The molecule has 1 aliphatic heterocycles. The molecule has 3 saturated carbocycles. The fourth-order valence-corrected chi connectivity index (χ4v) is 5.36. The van der Waals surface area contributed by atoms with Gasteiger partial charge in [-0.1, -0.05) is 19.3 Å². The Morgan fingerprint density at radius 3 is 2.00 bits per heavy atom. The van der Waals surface area contributed by atoms with Gasteiger partial charge in [-0.25, -0.2) is 0 Å². The second-order valence-corrected chi connectivity index (χ2v) is 7.25. The molecule has 0 radical (unpaired) electrons. The van der Waals surface area contributed by atoms with Crippen molar-refractivity contribution in [2.75, 3.05) is 26.2 Å². The first kappa shape index (κ1) is 11.7. The van der Waals surface area contributed by atoms with E-state index in [2.05, 4.69) is 9.80 Å². The number of hydrogen-bond donors (Lipinski definition) is 0. The van der Waals surface area contributed by atoms with Crippen molar-refractivity contribution in [1.29, 1.82) is 0 Å². The maximum Gasteiger partial charge on any atom is 0.0127 e. The molecule has 3 atom stereocenters. The van der Waals surface area contributed by atoms with Crippen molar-refractivity contribution in [1.82, 2.24) is 9.80 Å². The molecule has 4 rings (SSSR count). The zero-order chi connectivity index (χ0) is 11.9. The van der Waals surface area contributed by atoms with Crippen LogP contribution in [-0.2, 0) is 0 Å². The average Bonchev–Trinajstić information content (AvgIpc) is 3.16. The summed E-state index contributed by atoms with van der Waals surface area (Å²) in [6, 6.07) is 1.93. The van der Waals surface area contributed by atoms with Gasteiger partial charge in [0.05, 0.1) is 0 Å². The van der Waals surface area contributed by atoms with E-state index < -0.39 is 0 Å². The smallest absolute Gasteiger partial charge is 0.0127 e. The van der Waals surface area contributed by atoms with Gasteiger partial charge in [0.2, 0.25) is 0 Å². The van der Waals surface area contributed by atoms with E-state index in [0.717, 1.165) is 23.9 Å². The highest BCUT2D eigenvalue weighted by molar-refractivity contribution is 4.97. The minimum atomic E-state index is 0.951. The second-order valence-electron chi connectivity index (χ2n) is 7.25. The fourth-order valence-electron chi connectivity index (χ4n) is 5.36. The second kappa shape index (κ2) is 4.79. The Balaban J connectivity index is 1.32. The third-order valence-electron chi connectivity index (χ3n) is 6.36. The van der Waals surface area contributed by atoms with Crippen molar-refractivity contribution in [2.24, 2.45) is 11.8 Å². The molecular weight excluding hydrogens is 220 g/mol. The van der Waals surface area contributed by atoms with Crippen molar-refractivity contribution < 1.29 is 0 Å². The molecule has 1 heterocycles. The molecule has 2 heteroatoms. The molecule has 0 amide bonds. The molecule has 0 aromatic rings. The standard InChI is InChI=1S/C16H28N2/c1-2-4-15(3-1)17-7-9-18(10-8-17)16-12-13-5-6-14(16)11-13/h13-16H,1-12H2/t13-,14+,16-/m1/s1. The highest BCUT2D eigenvalue weighted by Gasteiger charge is 2.43. The third-order valence-corrected chi connectivity index (χ3v) is 6.36. The molecule has 4 fully saturated rings. The molecule has 0 N–H and O–H groups in total. The Labute approximate surface area is 112 Å². The van der Waals surface area contributed by atoms with Gasteiger partial charge in [0.25, 0.3) is 0 Å². The summed E-state index contributed by atoms with van der Waals surface area (Å²) in [6.07, 6.45) is 12.1. The maximum absolute atomic E-state index is 2.86. The molecule has 2 bridgehead atoms. The van der Waals surface area contributed by atoms with Gasteiger partial charge >= 0.3 is 0 Å². The molecule has 102 valence electrons. The number of hydrogen-bond acceptors (Lipinski definition) is 2. The molecule has 0 unspecified atom stereocenters. The van der Waals surface area contributed by atoms with Gasteiger partial charge in [-0.2, -0.15) is 0 Å². The monoisotopic (exact) mass is 248 g/mol. The van der Waals surface area contributed by atoms with Crippen LogP contribution in [0, 0.1) is 11.8 Å². The van der Waals surface area contributed by atoms with Crippen molar-refractivity contribution in [2.45, 2.75) is 63.5 Å². The quantitative estimate of drug-likeness (QED) is 0.741. The normalized spacial score (nSPS) is 43.0. The Morgan fingerprint density at radius 1 is 0.667 bits per heavy atom. The van der Waals surface area contributed by atoms with Crippen molar-refractivity contribution in [3.05, 3.63) is 0 Å². The zero-order valence-corrected chi connectivity index (χ0v) is 11.7. The third kappa shape index (κ3) is 2.02. The molecular formula is C16H28N2. The summed E-state index contributed by atoms with van der Waals surface area (Å²) in [5.41, 5.74) is 0. The van der Waals surface area contributed by atoms with Crippen LogP contribution in [0.2, 0.25) is 0 Å². The van der Waals surface area contributed by atoms with E-state index >= 15 is 0 Å². The summed E-state index contributed by atoms with van der Waals surface area (Å²) in [5, 5.41) is 0. The van der Waals surface area contributed by atoms with Crippen molar-refractivity contribution in [3.63, 3.8) is 0 Å². The summed E-state index contributed by atoms with van der Waals surface area (Å²) >= 11 is 0. The molecule has 18 heavy (non-hydrogen) atoms. The molecule has 0 spiro atoms. The predicted octanol–water partition coefficient (Wildman–Crippen LogP) is 2.74. The van der Waals surface area contributed by atoms with E-state index in [1.807, 2.05) is 0 Å². The lowest BCUT2D eigenvalue weighted by atomic mass is 9.93. The lowest BCUT2D eigenvalue weighted by Gasteiger charge is -2.43. The van der Waals surface area contributed by atoms with Crippen LogP contribution in [0.4, 0.5) is 0 Å². The summed E-state index contributed by atoms with van der Waals surface area (Å²) in [7, 11) is 0. The first-order valence-corrected chi connectivity index (χ1v) is 8.38. The van der Waals surface area contributed by atoms with Crippen molar-refractivity contribution in [3.8, 4) is 0 Å². The summed E-state index contributed by atoms with van der Waals surface area (Å²) in [6.45, 7) is 5.45. The van der Waals surface area contributed by atoms with E-state index in [4.69, 9.17) is 0 Å². The SMILES string of the molecule is C1CCC(N2CCN([C@@H]3C[C@@H]4CC[C@H]3C4)CC2)C1. The Kier molecular flexibility index (Phi) is 3.12. The van der Waals surface area contributed by atoms with Gasteiger partial charge in [-0.15, -0.1) is 0 Å². The number of rotatable bonds is 2. The number of nitrogens with zero attached hydrogens (tertiary/aromatic N) is 2. The molecule has 1 saturated heterocycles. The summed E-state index contributed by atoms with van der Waals surface area (Å²) < 4.78 is 0. The van der Waals surface area contributed by atoms with Crippen LogP contribution in [0.5, 0.6) is 0 Å². The van der Waals surface area contributed by atoms with E-state index in [9.17, 15) is 0 Å². The average molecular weight is 248 g/mol. The maximum atomic E-state index is 2.86. The molecule has 2 nitrogen and oxygen atoms in total. The van der Waals surface area contributed by atoms with E-state index in [1.54, 1.807) is 12.8 Å². The number of fused-ring (bicyclic) bond motifs is 2. The van der Waals surface area contributed by atoms with Crippen LogP contribution in [0.3, 0.4) is 0 Å². The first-order valence-electron chi connectivity index (χ1n) is 8.38. The van der Waals surface area contributed by atoms with Crippen LogP contribution in [-0.4, -0.2) is 48.1 Å². The highest BCUT2D eigenvalue weighted by atomic mass is 15.3. The van der Waals surface area contributed by atoms with Gasteiger partial charge in [0.1, 0.15) is 0 Å². The van der Waals surface area contributed by atoms with Crippen LogP contribution >= 0.6 is 0 Å². The van der Waals surface area contributed by atoms with Gasteiger partial charge in [0, 0.05) is 38.3 Å². The molecule has 0 aromatic carbocycles. The van der Waals surface area contributed by atoms with Crippen LogP contribution in [0.15, 0.2) is 0 Å². The minimum absolute atomic E-state index is 0.951. The topological polar surface area (TPSA) is 6.48 Å². The largest absolute Gasteiger partial charge is 0.298 e. The Morgan fingerprint density at radius 2 is 1.39 bits per heavy atom. The van der Waals surface area contributed by atoms with Gasteiger partial charge < -0.3 is 0 Å². The number of piperazine rings is 1. The zero-order valence-electron chi connectivity index (χ0n) is 11.7. The predicted molar refractivity (Wildman–Crippen MR) is 74.6 cm³/mol. The molecule has 0 aromatic heterocycles. The Hall–Kier alpha value is -0.0800. The Bertz CT molecular complexity index is 289. The van der Waals surface area contributed by atoms with E-state index in [1.165, 1.54) is 64.7 Å². The fraction of sp³-hybridized carbons (Fsp3) is 1.00. The van der Waals surface area contributed by atoms with Crippen molar-refractivity contribution >= 4 is 0 Å². The summed E-state index contributed by atoms with van der Waals surface area (Å²) in [4.78, 5) is 5.66. The highest BCUT2D eigenvalue weighted by Crippen LogP contribution is 2.46. The summed E-state index contributed by atoms with van der Waals surface area (Å²) in [5.74, 6) is 2.18. The van der Waals surface area contributed by atoms with Gasteiger partial charge in [-0.05, 0) is 43.9 Å². The van der Waals surface area contributed by atoms with Crippen LogP contribution < -0.4 is 0 Å². The lowest BCUT2D eigenvalue weighted by molar-refractivity contribution is 0.0517. The first-order chi connectivity index (χ1) is 8.90. The van der Waals surface area contributed by atoms with Gasteiger partial charge in [0.15, 0.2) is 0 Å². The molecule has 3 aliphatic carbocycles. The minimum Gasteiger partial charge on any atom is -0.298 e.